The van der Waals surface area contributed by atoms with Crippen LogP contribution in [0, 0.1) is 11.3 Å². The van der Waals surface area contributed by atoms with Crippen molar-refractivity contribution in [2.75, 3.05) is 31.1 Å². The quantitative estimate of drug-likeness (QED) is 0.621. The zero-order chi connectivity index (χ0) is 21.3. The summed E-state index contributed by atoms with van der Waals surface area (Å²) in [5.74, 6) is 1.23. The molecule has 2 radical (unpaired) electrons. The highest BCUT2D eigenvalue weighted by Crippen LogP contribution is 2.31. The number of nitrogens with one attached hydrogen (secondary N) is 1. The van der Waals surface area contributed by atoms with Gasteiger partial charge in [0.05, 0.1) is 29.1 Å². The topological polar surface area (TPSA) is 98.7 Å². The lowest BCUT2D eigenvalue weighted by molar-refractivity contribution is 0.0283. The maximum atomic E-state index is 9.98. The molecule has 0 spiro atoms. The second kappa shape index (κ2) is 7.97. The maximum absolute atomic E-state index is 9.98. The number of pyridine rings is 2. The van der Waals surface area contributed by atoms with Gasteiger partial charge < -0.3 is 20.1 Å². The van der Waals surface area contributed by atoms with E-state index in [-0.39, 0.29) is 12.5 Å². The highest BCUT2D eigenvalue weighted by Gasteiger charge is 2.20. The van der Waals surface area contributed by atoms with Crippen molar-refractivity contribution >= 4 is 19.2 Å². The van der Waals surface area contributed by atoms with Crippen molar-refractivity contribution in [1.29, 1.82) is 5.26 Å². The van der Waals surface area contributed by atoms with E-state index in [4.69, 9.17) is 12.6 Å². The van der Waals surface area contributed by atoms with E-state index in [2.05, 4.69) is 26.4 Å². The van der Waals surface area contributed by atoms with E-state index in [9.17, 15) is 10.4 Å². The molecule has 1 atom stereocenters. The summed E-state index contributed by atoms with van der Waals surface area (Å²) in [6.45, 7) is 5.85. The number of fused-ring (bicyclic) bond motifs is 1. The standard InChI is InChI=1S/C21H23BN6O2/c1-21(2,29)13-30-16-7-17(20-15(8-23)10-26-28(20)12-16)14-3-4-19(25-9-14)27-6-5-24-11-18(27)22/h3-4,7,9-10,12,18,24,29H,5-6,11,13H2,1-2H3/t18-/m0/s1. The summed E-state index contributed by atoms with van der Waals surface area (Å²) in [7, 11) is 6.19. The van der Waals surface area contributed by atoms with Crippen LogP contribution in [0.2, 0.25) is 0 Å². The third-order valence-corrected chi connectivity index (χ3v) is 4.94. The number of piperazine rings is 1. The fourth-order valence-corrected chi connectivity index (χ4v) is 3.46. The molecule has 4 heterocycles. The maximum Gasteiger partial charge on any atom is 0.138 e. The van der Waals surface area contributed by atoms with Crippen LogP contribution in [-0.2, 0) is 0 Å². The van der Waals surface area contributed by atoms with E-state index >= 15 is 0 Å². The Morgan fingerprint density at radius 3 is 2.90 bits per heavy atom. The SMILES string of the molecule is [B][C@@H]1CNCCN1c1ccc(-c2cc(OCC(C)(C)O)cn3ncc(C#N)c23)cn1. The Bertz CT molecular complexity index is 1080. The smallest absolute Gasteiger partial charge is 0.138 e. The normalized spacial score (nSPS) is 17.1. The van der Waals surface area contributed by atoms with Crippen LogP contribution in [0.25, 0.3) is 16.6 Å². The first-order valence-corrected chi connectivity index (χ1v) is 9.82. The van der Waals surface area contributed by atoms with Gasteiger partial charge in [0.15, 0.2) is 0 Å². The summed E-state index contributed by atoms with van der Waals surface area (Å²) in [5.41, 5.74) is 1.79. The molecule has 8 nitrogen and oxygen atoms in total. The molecule has 3 aromatic rings. The minimum Gasteiger partial charge on any atom is -0.489 e. The van der Waals surface area contributed by atoms with E-state index in [1.165, 1.54) is 6.20 Å². The molecular weight excluding hydrogens is 379 g/mol. The van der Waals surface area contributed by atoms with Crippen LogP contribution in [-0.4, -0.2) is 65.3 Å². The summed E-state index contributed by atoms with van der Waals surface area (Å²) in [4.78, 5) is 6.68. The average molecular weight is 402 g/mol. The number of aromatic nitrogens is 3. The summed E-state index contributed by atoms with van der Waals surface area (Å²) in [5, 5.41) is 27.0. The molecule has 0 unspecified atom stereocenters. The van der Waals surface area contributed by atoms with Crippen molar-refractivity contribution in [1.82, 2.24) is 19.9 Å². The van der Waals surface area contributed by atoms with Gasteiger partial charge in [0.2, 0.25) is 0 Å². The molecule has 152 valence electrons. The molecule has 1 aliphatic rings. The first kappa shape index (κ1) is 20.2. The molecule has 30 heavy (non-hydrogen) atoms. The Hall–Kier alpha value is -3.09. The van der Waals surface area contributed by atoms with E-state index in [0.29, 0.717) is 23.4 Å². The van der Waals surface area contributed by atoms with Crippen LogP contribution in [0.4, 0.5) is 5.82 Å². The number of ether oxygens (including phenoxy) is 1. The molecule has 4 rings (SSSR count). The predicted molar refractivity (Wildman–Crippen MR) is 115 cm³/mol. The van der Waals surface area contributed by atoms with E-state index in [1.54, 1.807) is 30.8 Å². The molecule has 2 N–H and O–H groups in total. The van der Waals surface area contributed by atoms with E-state index in [1.807, 2.05) is 18.2 Å². The molecular formula is C21H23BN6O2. The Morgan fingerprint density at radius 2 is 2.23 bits per heavy atom. The van der Waals surface area contributed by atoms with Crippen molar-refractivity contribution in [3.63, 3.8) is 0 Å². The van der Waals surface area contributed by atoms with Crippen molar-refractivity contribution in [2.24, 2.45) is 0 Å². The Labute approximate surface area is 176 Å². The minimum absolute atomic E-state index is 0.123. The molecule has 3 aromatic heterocycles. The number of rotatable bonds is 5. The molecule has 1 saturated heterocycles. The van der Waals surface area contributed by atoms with Crippen LogP contribution in [0.5, 0.6) is 5.75 Å². The molecule has 0 amide bonds. The van der Waals surface area contributed by atoms with Crippen LogP contribution in [0.3, 0.4) is 0 Å². The van der Waals surface area contributed by atoms with Gasteiger partial charge in [0.1, 0.15) is 32.1 Å². The number of hydrogen-bond donors (Lipinski definition) is 2. The highest BCUT2D eigenvalue weighted by atomic mass is 16.5. The number of nitrogens with zero attached hydrogens (tertiary/aromatic N) is 5. The zero-order valence-electron chi connectivity index (χ0n) is 17.0. The number of hydrogen-bond acceptors (Lipinski definition) is 7. The van der Waals surface area contributed by atoms with Crippen LogP contribution >= 0.6 is 0 Å². The Kier molecular flexibility index (Phi) is 5.37. The summed E-state index contributed by atoms with van der Waals surface area (Å²) in [6, 6.07) is 7.93. The number of anilines is 1. The number of nitriles is 1. The number of aliphatic hydroxyl groups is 1. The summed E-state index contributed by atoms with van der Waals surface area (Å²) in [6.07, 6.45) is 5.00. The first-order valence-electron chi connectivity index (χ1n) is 9.82. The third kappa shape index (κ3) is 4.11. The summed E-state index contributed by atoms with van der Waals surface area (Å²) < 4.78 is 7.39. The van der Waals surface area contributed by atoms with Crippen molar-refractivity contribution < 1.29 is 9.84 Å². The molecule has 0 bridgehead atoms. The first-order chi connectivity index (χ1) is 14.4. The summed E-state index contributed by atoms with van der Waals surface area (Å²) >= 11 is 0. The van der Waals surface area contributed by atoms with Gasteiger partial charge >= 0.3 is 0 Å². The molecule has 0 aromatic carbocycles. The molecule has 0 aliphatic carbocycles. The van der Waals surface area contributed by atoms with Gasteiger partial charge in [-0.15, -0.1) is 0 Å². The predicted octanol–water partition coefficient (Wildman–Crippen LogP) is 1.32. The fraction of sp³-hybridized carbons (Fsp3) is 0.381. The molecule has 1 fully saturated rings. The lowest BCUT2D eigenvalue weighted by Crippen LogP contribution is -2.52. The lowest BCUT2D eigenvalue weighted by atomic mass is 9.93. The zero-order valence-corrected chi connectivity index (χ0v) is 17.0. The van der Waals surface area contributed by atoms with E-state index < -0.39 is 5.60 Å². The van der Waals surface area contributed by atoms with Crippen molar-refractivity contribution in [2.45, 2.75) is 25.4 Å². The third-order valence-electron chi connectivity index (χ3n) is 4.94. The van der Waals surface area contributed by atoms with Crippen LogP contribution in [0.15, 0.2) is 36.8 Å². The molecule has 0 saturated carbocycles. The monoisotopic (exact) mass is 402 g/mol. The van der Waals surface area contributed by atoms with Gasteiger partial charge in [-0.05, 0) is 32.0 Å². The van der Waals surface area contributed by atoms with Crippen molar-refractivity contribution in [3.8, 4) is 22.9 Å². The van der Waals surface area contributed by atoms with E-state index in [0.717, 1.165) is 30.0 Å². The second-order valence-electron chi connectivity index (χ2n) is 8.02. The molecule has 9 heteroatoms. The van der Waals surface area contributed by atoms with Gasteiger partial charge in [-0.3, -0.25) is 0 Å². The second-order valence-corrected chi connectivity index (χ2v) is 8.02. The highest BCUT2D eigenvalue weighted by molar-refractivity contribution is 6.13. The van der Waals surface area contributed by atoms with Crippen LogP contribution in [0.1, 0.15) is 19.4 Å². The van der Waals surface area contributed by atoms with Gasteiger partial charge in [-0.2, -0.15) is 10.4 Å². The van der Waals surface area contributed by atoms with Gasteiger partial charge in [-0.1, -0.05) is 0 Å². The van der Waals surface area contributed by atoms with Gasteiger partial charge in [0, 0.05) is 42.9 Å². The largest absolute Gasteiger partial charge is 0.489 e. The average Bonchev–Trinajstić information content (AvgIpc) is 3.15. The van der Waals surface area contributed by atoms with Gasteiger partial charge in [-0.25, -0.2) is 9.50 Å². The van der Waals surface area contributed by atoms with Gasteiger partial charge in [0.25, 0.3) is 0 Å². The Balaban J connectivity index is 1.73. The van der Waals surface area contributed by atoms with Crippen molar-refractivity contribution in [3.05, 3.63) is 42.4 Å². The Morgan fingerprint density at radius 1 is 1.40 bits per heavy atom. The fourth-order valence-electron chi connectivity index (χ4n) is 3.46. The van der Waals surface area contributed by atoms with Crippen LogP contribution < -0.4 is 15.0 Å². The lowest BCUT2D eigenvalue weighted by Gasteiger charge is -2.35. The minimum atomic E-state index is -0.970. The molecule has 1 aliphatic heterocycles.